The van der Waals surface area contributed by atoms with Gasteiger partial charge in [0.2, 0.25) is 16.7 Å². The van der Waals surface area contributed by atoms with Gasteiger partial charge in [-0.3, -0.25) is 9.69 Å². The lowest BCUT2D eigenvalue weighted by Crippen LogP contribution is -2.49. The Balaban J connectivity index is 1.74. The summed E-state index contributed by atoms with van der Waals surface area (Å²) in [5.41, 5.74) is 0.756. The molecule has 1 aliphatic heterocycles. The first-order valence-corrected chi connectivity index (χ1v) is 10.1. The molecule has 0 saturated carbocycles. The van der Waals surface area contributed by atoms with E-state index >= 15 is 0 Å². The van der Waals surface area contributed by atoms with Crippen LogP contribution in [0, 0.1) is 5.82 Å². The normalized spacial score (nSPS) is 16.6. The maximum absolute atomic E-state index is 14.0. The minimum atomic E-state index is -0.330. The van der Waals surface area contributed by atoms with Crippen molar-refractivity contribution < 1.29 is 14.3 Å². The molecule has 1 amide bonds. The molecule has 4 rings (SSSR count). The van der Waals surface area contributed by atoms with E-state index in [9.17, 15) is 14.3 Å². The molecule has 1 aliphatic rings. The topological polar surface area (TPSA) is 74.0 Å². The van der Waals surface area contributed by atoms with Crippen LogP contribution in [0.1, 0.15) is 36.2 Å². The van der Waals surface area contributed by atoms with Crippen molar-refractivity contribution in [3.8, 4) is 5.88 Å². The van der Waals surface area contributed by atoms with Crippen LogP contribution in [0.2, 0.25) is 0 Å². The van der Waals surface area contributed by atoms with Crippen LogP contribution >= 0.6 is 11.3 Å². The Hall–Kier alpha value is -2.52. The van der Waals surface area contributed by atoms with E-state index in [0.717, 1.165) is 5.56 Å². The lowest BCUT2D eigenvalue weighted by molar-refractivity contribution is -0.130. The summed E-state index contributed by atoms with van der Waals surface area (Å²) in [4.78, 5) is 21.4. The number of thiazole rings is 1. The van der Waals surface area contributed by atoms with Crippen LogP contribution < -0.4 is 0 Å². The molecule has 0 bridgehead atoms. The summed E-state index contributed by atoms with van der Waals surface area (Å²) in [5.74, 6) is 0.439. The van der Waals surface area contributed by atoms with Crippen LogP contribution in [0.3, 0.4) is 0 Å². The zero-order chi connectivity index (χ0) is 19.8. The third-order valence-electron chi connectivity index (χ3n) is 5.10. The van der Waals surface area contributed by atoms with E-state index in [1.165, 1.54) is 28.0 Å². The minimum Gasteiger partial charge on any atom is -0.492 e. The number of rotatable bonds is 4. The summed E-state index contributed by atoms with van der Waals surface area (Å²) in [6.07, 6.45) is 0.684. The number of carbonyl (C=O) groups is 1. The molecule has 28 heavy (non-hydrogen) atoms. The molecule has 3 aromatic rings. The van der Waals surface area contributed by atoms with Crippen LogP contribution in [0.4, 0.5) is 4.39 Å². The lowest BCUT2D eigenvalue weighted by atomic mass is 10.0. The summed E-state index contributed by atoms with van der Waals surface area (Å²) in [7, 11) is 0. The number of nitrogens with zero attached hydrogens (tertiary/aromatic N) is 5. The van der Waals surface area contributed by atoms with Gasteiger partial charge in [0.05, 0.1) is 10.9 Å². The molecule has 1 atom stereocenters. The zero-order valence-electron chi connectivity index (χ0n) is 15.8. The number of aryl methyl sites for hydroxylation is 1. The fourth-order valence-corrected chi connectivity index (χ4v) is 4.75. The number of piperazine rings is 1. The Bertz CT molecular complexity index is 1010. The number of aromatic nitrogens is 3. The van der Waals surface area contributed by atoms with Gasteiger partial charge in [0.1, 0.15) is 5.82 Å². The van der Waals surface area contributed by atoms with Crippen molar-refractivity contribution in [2.75, 3.05) is 26.2 Å². The molecule has 3 heterocycles. The molecule has 148 valence electrons. The van der Waals surface area contributed by atoms with E-state index < -0.39 is 0 Å². The highest BCUT2D eigenvalue weighted by Crippen LogP contribution is 2.40. The Labute approximate surface area is 166 Å². The number of amides is 1. The van der Waals surface area contributed by atoms with E-state index in [1.807, 2.05) is 13.0 Å². The van der Waals surface area contributed by atoms with Crippen molar-refractivity contribution in [1.29, 1.82) is 0 Å². The smallest absolute Gasteiger partial charge is 0.230 e. The number of hydrogen-bond acceptors (Lipinski definition) is 6. The first-order chi connectivity index (χ1) is 13.5. The van der Waals surface area contributed by atoms with Gasteiger partial charge < -0.3 is 10.0 Å². The first kappa shape index (κ1) is 18.8. The maximum Gasteiger partial charge on any atom is 0.230 e. The third kappa shape index (κ3) is 3.35. The van der Waals surface area contributed by atoms with Crippen LogP contribution in [0.25, 0.3) is 4.96 Å². The van der Waals surface area contributed by atoms with Gasteiger partial charge in [-0.2, -0.15) is 4.52 Å². The van der Waals surface area contributed by atoms with Crippen molar-refractivity contribution in [2.24, 2.45) is 0 Å². The van der Waals surface area contributed by atoms with E-state index in [1.54, 1.807) is 17.9 Å². The van der Waals surface area contributed by atoms with Gasteiger partial charge in [0.25, 0.3) is 0 Å². The van der Waals surface area contributed by atoms with Gasteiger partial charge in [0, 0.05) is 39.5 Å². The van der Waals surface area contributed by atoms with Crippen LogP contribution in [-0.4, -0.2) is 61.6 Å². The highest BCUT2D eigenvalue weighted by molar-refractivity contribution is 7.17. The van der Waals surface area contributed by atoms with Crippen LogP contribution in [-0.2, 0) is 11.2 Å². The zero-order valence-corrected chi connectivity index (χ0v) is 16.6. The van der Waals surface area contributed by atoms with Crippen molar-refractivity contribution in [3.05, 3.63) is 46.3 Å². The fraction of sp³-hybridized carbons (Fsp3) is 0.421. The molecule has 0 spiro atoms. The Morgan fingerprint density at radius 1 is 1.32 bits per heavy atom. The molecule has 1 saturated heterocycles. The van der Waals surface area contributed by atoms with E-state index in [0.29, 0.717) is 48.3 Å². The Morgan fingerprint density at radius 3 is 2.68 bits per heavy atom. The van der Waals surface area contributed by atoms with Gasteiger partial charge in [0.15, 0.2) is 5.82 Å². The highest BCUT2D eigenvalue weighted by atomic mass is 32.1. The fourth-order valence-electron chi connectivity index (χ4n) is 3.62. The predicted octanol–water partition coefficient (Wildman–Crippen LogP) is 2.45. The van der Waals surface area contributed by atoms with Crippen molar-refractivity contribution in [1.82, 2.24) is 24.4 Å². The van der Waals surface area contributed by atoms with Gasteiger partial charge >= 0.3 is 0 Å². The number of hydrogen-bond donors (Lipinski definition) is 1. The number of aromatic hydroxyl groups is 1. The molecule has 0 unspecified atom stereocenters. The number of benzene rings is 1. The largest absolute Gasteiger partial charge is 0.492 e. The molecule has 2 aromatic heterocycles. The quantitative estimate of drug-likeness (QED) is 0.724. The second kappa shape index (κ2) is 7.48. The molecule has 1 fully saturated rings. The molecule has 9 heteroatoms. The Morgan fingerprint density at radius 2 is 2.07 bits per heavy atom. The lowest BCUT2D eigenvalue weighted by Gasteiger charge is -2.38. The number of carbonyl (C=O) groups excluding carboxylic acids is 1. The van der Waals surface area contributed by atoms with Crippen molar-refractivity contribution in [3.63, 3.8) is 0 Å². The summed E-state index contributed by atoms with van der Waals surface area (Å²) in [6.45, 7) is 5.99. The van der Waals surface area contributed by atoms with E-state index in [4.69, 9.17) is 0 Å². The monoisotopic (exact) mass is 403 g/mol. The van der Waals surface area contributed by atoms with E-state index in [2.05, 4.69) is 15.0 Å². The molecular formula is C19H22FN5O2S. The average molecular weight is 403 g/mol. The first-order valence-electron chi connectivity index (χ1n) is 9.30. The summed E-state index contributed by atoms with van der Waals surface area (Å²) >= 11 is 1.36. The second-order valence-electron chi connectivity index (χ2n) is 6.87. The molecule has 0 aliphatic carbocycles. The number of halogens is 1. The summed E-state index contributed by atoms with van der Waals surface area (Å²) in [5, 5.41) is 15.2. The van der Waals surface area contributed by atoms with Crippen molar-refractivity contribution >= 4 is 22.2 Å². The van der Waals surface area contributed by atoms with Gasteiger partial charge in [-0.1, -0.05) is 30.4 Å². The third-order valence-corrected chi connectivity index (χ3v) is 6.17. The Kier molecular flexibility index (Phi) is 5.03. The summed E-state index contributed by atoms with van der Waals surface area (Å²) < 4.78 is 15.4. The molecule has 1 N–H and O–H groups in total. The van der Waals surface area contributed by atoms with Crippen LogP contribution in [0.5, 0.6) is 5.88 Å². The molecule has 1 aromatic carbocycles. The standard InChI is InChI=1S/C19H22FN5O2S/c1-3-15-21-19-25(22-15)18(27)17(28-19)16(13-5-4-6-14(20)11-13)24-9-7-23(8-10-24)12(2)26/h4-6,11,16,27H,3,7-10H2,1-2H3/t16-/m1/s1. The van der Waals surface area contributed by atoms with Gasteiger partial charge in [-0.25, -0.2) is 9.37 Å². The highest BCUT2D eigenvalue weighted by Gasteiger charge is 2.32. The second-order valence-corrected chi connectivity index (χ2v) is 7.87. The molecular weight excluding hydrogens is 381 g/mol. The van der Waals surface area contributed by atoms with Crippen molar-refractivity contribution in [2.45, 2.75) is 26.3 Å². The minimum absolute atomic E-state index is 0.0375. The van der Waals surface area contributed by atoms with Gasteiger partial charge in [-0.05, 0) is 17.7 Å². The molecule has 7 nitrogen and oxygen atoms in total. The van der Waals surface area contributed by atoms with Gasteiger partial charge in [-0.15, -0.1) is 5.10 Å². The van der Waals surface area contributed by atoms with E-state index in [-0.39, 0.29) is 23.6 Å². The molecule has 0 radical (unpaired) electrons. The maximum atomic E-state index is 14.0. The predicted molar refractivity (Wildman–Crippen MR) is 104 cm³/mol. The number of fused-ring (bicyclic) bond motifs is 1. The SMILES string of the molecule is CCc1nc2sc([C@@H](c3cccc(F)c3)N3CCN(C(C)=O)CC3)c(O)n2n1. The average Bonchev–Trinajstić information content (AvgIpc) is 3.22. The van der Waals surface area contributed by atoms with Crippen LogP contribution in [0.15, 0.2) is 24.3 Å². The summed E-state index contributed by atoms with van der Waals surface area (Å²) in [6, 6.07) is 6.10.